The normalized spacial score (nSPS) is 16.4. The van der Waals surface area contributed by atoms with Crippen LogP contribution < -0.4 is 11.1 Å². The van der Waals surface area contributed by atoms with Crippen molar-refractivity contribution in [3.8, 4) is 0 Å². The molecule has 7 heteroatoms. The lowest BCUT2D eigenvalue weighted by molar-refractivity contribution is 0.164. The third kappa shape index (κ3) is 5.16. The van der Waals surface area contributed by atoms with Crippen molar-refractivity contribution in [2.45, 2.75) is 59.0 Å². The third-order valence-electron chi connectivity index (χ3n) is 5.45. The maximum atomic E-state index is 12.2. The molecule has 0 saturated carbocycles. The van der Waals surface area contributed by atoms with Crippen molar-refractivity contribution < 1.29 is 0 Å². The van der Waals surface area contributed by atoms with E-state index in [9.17, 15) is 9.59 Å². The largest absolute Gasteiger partial charge is 0.302 e. The van der Waals surface area contributed by atoms with Gasteiger partial charge in [0, 0.05) is 42.9 Å². The lowest BCUT2D eigenvalue weighted by atomic mass is 9.92. The van der Waals surface area contributed by atoms with Gasteiger partial charge in [-0.15, -0.1) is 0 Å². The second-order valence-corrected chi connectivity index (χ2v) is 8.84. The van der Waals surface area contributed by atoms with Gasteiger partial charge >= 0.3 is 0 Å². The van der Waals surface area contributed by atoms with Gasteiger partial charge in [-0.2, -0.15) is 5.10 Å². The lowest BCUT2D eigenvalue weighted by Gasteiger charge is -2.32. The van der Waals surface area contributed by atoms with Crippen LogP contribution in [0.25, 0.3) is 0 Å². The Morgan fingerprint density at radius 2 is 1.79 bits per heavy atom. The smallest absolute Gasteiger partial charge is 0.266 e. The molecule has 2 aromatic rings. The van der Waals surface area contributed by atoms with Crippen molar-refractivity contribution >= 4 is 0 Å². The van der Waals surface area contributed by atoms with Crippen molar-refractivity contribution in [1.82, 2.24) is 24.2 Å². The predicted octanol–water partition coefficient (Wildman–Crippen LogP) is 1.82. The Labute approximate surface area is 166 Å². The number of likely N-dealkylation sites (tertiary alicyclic amines) is 1. The molecule has 0 N–H and O–H groups in total. The zero-order valence-electron chi connectivity index (χ0n) is 17.4. The molecule has 1 saturated heterocycles. The SMILES string of the molecule is Cc1cc(=O)n(CCN2CCC(Cn3nc(C(C)(C)C)ccc3=O)CC2)cn1. The number of piperidine rings is 1. The summed E-state index contributed by atoms with van der Waals surface area (Å²) in [4.78, 5) is 30.7. The van der Waals surface area contributed by atoms with E-state index in [1.807, 2.05) is 13.0 Å². The summed E-state index contributed by atoms with van der Waals surface area (Å²) in [5, 5.41) is 4.60. The van der Waals surface area contributed by atoms with Gasteiger partial charge in [-0.25, -0.2) is 9.67 Å². The summed E-state index contributed by atoms with van der Waals surface area (Å²) < 4.78 is 3.30. The fourth-order valence-electron chi connectivity index (χ4n) is 3.55. The molecule has 0 bridgehead atoms. The Kier molecular flexibility index (Phi) is 6.13. The number of aromatic nitrogens is 4. The quantitative estimate of drug-likeness (QED) is 0.785. The number of hydrogen-bond donors (Lipinski definition) is 0. The van der Waals surface area contributed by atoms with Crippen molar-refractivity contribution in [1.29, 1.82) is 0 Å². The summed E-state index contributed by atoms with van der Waals surface area (Å²) in [5.74, 6) is 0.459. The molecule has 7 nitrogen and oxygen atoms in total. The highest BCUT2D eigenvalue weighted by molar-refractivity contribution is 5.10. The van der Waals surface area contributed by atoms with Crippen LogP contribution in [0, 0.1) is 12.8 Å². The maximum Gasteiger partial charge on any atom is 0.266 e. The van der Waals surface area contributed by atoms with E-state index in [0.29, 0.717) is 19.0 Å². The predicted molar refractivity (Wildman–Crippen MR) is 110 cm³/mol. The van der Waals surface area contributed by atoms with Crippen LogP contribution in [-0.2, 0) is 18.5 Å². The van der Waals surface area contributed by atoms with E-state index in [4.69, 9.17) is 0 Å². The monoisotopic (exact) mass is 385 g/mol. The first kappa shape index (κ1) is 20.5. The number of rotatable bonds is 5. The zero-order valence-corrected chi connectivity index (χ0v) is 17.4. The molecule has 0 unspecified atom stereocenters. The maximum absolute atomic E-state index is 12.2. The van der Waals surface area contributed by atoms with Crippen LogP contribution >= 0.6 is 0 Å². The van der Waals surface area contributed by atoms with Gasteiger partial charge in [0.25, 0.3) is 11.1 Å². The second kappa shape index (κ2) is 8.39. The molecule has 3 rings (SSSR count). The zero-order chi connectivity index (χ0) is 20.3. The summed E-state index contributed by atoms with van der Waals surface area (Å²) >= 11 is 0. The molecule has 0 spiro atoms. The average Bonchev–Trinajstić information content (AvgIpc) is 2.63. The Balaban J connectivity index is 1.53. The highest BCUT2D eigenvalue weighted by Gasteiger charge is 2.22. The fraction of sp³-hybridized carbons (Fsp3) is 0.619. The summed E-state index contributed by atoms with van der Waals surface area (Å²) in [6, 6.07) is 5.04. The second-order valence-electron chi connectivity index (χ2n) is 8.84. The molecule has 28 heavy (non-hydrogen) atoms. The number of hydrogen-bond acceptors (Lipinski definition) is 5. The van der Waals surface area contributed by atoms with E-state index >= 15 is 0 Å². The van der Waals surface area contributed by atoms with Crippen molar-refractivity contribution in [3.63, 3.8) is 0 Å². The molecule has 1 fully saturated rings. The first-order valence-corrected chi connectivity index (χ1v) is 10.1. The molecule has 0 aliphatic carbocycles. The molecular weight excluding hydrogens is 354 g/mol. The van der Waals surface area contributed by atoms with Crippen LogP contribution in [0.5, 0.6) is 0 Å². The van der Waals surface area contributed by atoms with Crippen LogP contribution in [0.2, 0.25) is 0 Å². The molecule has 1 aliphatic rings. The number of aryl methyl sites for hydroxylation is 1. The van der Waals surface area contributed by atoms with E-state index in [1.165, 1.54) is 0 Å². The highest BCUT2D eigenvalue weighted by atomic mass is 16.1. The Bertz CT molecular complexity index is 917. The highest BCUT2D eigenvalue weighted by Crippen LogP contribution is 2.20. The van der Waals surface area contributed by atoms with E-state index in [1.54, 1.807) is 27.7 Å². The lowest BCUT2D eigenvalue weighted by Crippen LogP contribution is -2.39. The molecule has 2 aromatic heterocycles. The van der Waals surface area contributed by atoms with Gasteiger partial charge < -0.3 is 4.90 Å². The average molecular weight is 386 g/mol. The third-order valence-corrected chi connectivity index (χ3v) is 5.45. The van der Waals surface area contributed by atoms with Gasteiger partial charge in [0.15, 0.2) is 0 Å². The molecule has 0 radical (unpaired) electrons. The summed E-state index contributed by atoms with van der Waals surface area (Å²) in [6.45, 7) is 12.3. The molecule has 3 heterocycles. The van der Waals surface area contributed by atoms with Crippen molar-refractivity contribution in [2.75, 3.05) is 19.6 Å². The van der Waals surface area contributed by atoms with Crippen LogP contribution in [0.3, 0.4) is 0 Å². The molecule has 1 aliphatic heterocycles. The van der Waals surface area contributed by atoms with Gasteiger partial charge in [0.05, 0.1) is 12.0 Å². The van der Waals surface area contributed by atoms with E-state index in [0.717, 1.165) is 43.9 Å². The fourth-order valence-corrected chi connectivity index (χ4v) is 3.55. The van der Waals surface area contributed by atoms with Gasteiger partial charge in [-0.3, -0.25) is 14.2 Å². The minimum atomic E-state index is -0.0677. The summed E-state index contributed by atoms with van der Waals surface area (Å²) in [5.41, 5.74) is 1.61. The van der Waals surface area contributed by atoms with Gasteiger partial charge in [0.1, 0.15) is 0 Å². The number of nitrogens with zero attached hydrogens (tertiary/aromatic N) is 5. The first-order chi connectivity index (χ1) is 13.2. The molecule has 152 valence electrons. The van der Waals surface area contributed by atoms with Crippen LogP contribution in [0.4, 0.5) is 0 Å². The standard InChI is InChI=1S/C21H31N5O2/c1-16-13-20(28)25(15-22-16)12-11-24-9-7-17(8-10-24)14-26-19(27)6-5-18(23-26)21(2,3)4/h5-6,13,15,17H,7-12,14H2,1-4H3. The summed E-state index contributed by atoms with van der Waals surface area (Å²) in [6.07, 6.45) is 3.70. The van der Waals surface area contributed by atoms with Gasteiger partial charge in [0.2, 0.25) is 0 Å². The Morgan fingerprint density at radius 1 is 1.07 bits per heavy atom. The van der Waals surface area contributed by atoms with Gasteiger partial charge in [-0.05, 0) is 44.8 Å². The Morgan fingerprint density at radius 3 is 2.43 bits per heavy atom. The topological polar surface area (TPSA) is 73.0 Å². The van der Waals surface area contributed by atoms with Crippen molar-refractivity contribution in [3.05, 3.63) is 56.6 Å². The first-order valence-electron chi connectivity index (χ1n) is 10.1. The minimum absolute atomic E-state index is 0.00608. The van der Waals surface area contributed by atoms with Crippen LogP contribution in [-0.4, -0.2) is 43.9 Å². The Hall–Kier alpha value is -2.28. The van der Waals surface area contributed by atoms with Crippen LogP contribution in [0.15, 0.2) is 34.1 Å². The van der Waals surface area contributed by atoms with Crippen molar-refractivity contribution in [2.24, 2.45) is 5.92 Å². The van der Waals surface area contributed by atoms with E-state index in [-0.39, 0.29) is 16.5 Å². The summed E-state index contributed by atoms with van der Waals surface area (Å²) in [7, 11) is 0. The molecule has 0 atom stereocenters. The van der Waals surface area contributed by atoms with Crippen LogP contribution in [0.1, 0.15) is 45.0 Å². The van der Waals surface area contributed by atoms with Gasteiger partial charge in [-0.1, -0.05) is 20.8 Å². The van der Waals surface area contributed by atoms with E-state index in [2.05, 4.69) is 35.8 Å². The molecular formula is C21H31N5O2. The molecule has 0 aromatic carbocycles. The molecule has 0 amide bonds. The minimum Gasteiger partial charge on any atom is -0.302 e. The van der Waals surface area contributed by atoms with E-state index < -0.39 is 0 Å².